The number of hydrogen-bond acceptors (Lipinski definition) is 5. The molecule has 6 nitrogen and oxygen atoms in total. The molecule has 0 fully saturated rings. The molecule has 6 heteroatoms. The first-order valence-electron chi connectivity index (χ1n) is 10.1. The van der Waals surface area contributed by atoms with Gasteiger partial charge in [0.1, 0.15) is 6.04 Å². The molecule has 30 heavy (non-hydrogen) atoms. The average molecular weight is 407 g/mol. The Balaban J connectivity index is 1.75. The molecular formula is C24H25NO5. The minimum absolute atomic E-state index is 0.281. The van der Waals surface area contributed by atoms with E-state index in [0.29, 0.717) is 18.4 Å². The summed E-state index contributed by atoms with van der Waals surface area (Å²) in [6, 6.07) is 10.7. The van der Waals surface area contributed by atoms with Gasteiger partial charge in [-0.2, -0.15) is 0 Å². The zero-order valence-corrected chi connectivity index (χ0v) is 17.4. The summed E-state index contributed by atoms with van der Waals surface area (Å²) < 4.78 is 5.26. The van der Waals surface area contributed by atoms with Gasteiger partial charge in [-0.15, -0.1) is 0 Å². The van der Waals surface area contributed by atoms with Gasteiger partial charge in [0.25, 0.3) is 11.8 Å². The third-order valence-electron chi connectivity index (χ3n) is 5.41. The zero-order chi connectivity index (χ0) is 21.8. The first-order valence-corrected chi connectivity index (χ1v) is 10.1. The standard InChI is InChI=1S/C24H25NO5/c1-4-5-10-20(25-22(27)18-8-6-7-9-19(18)23(25)28)24(29)30-14-21(26)17-12-11-15(2)16(3)13-17/h6-9,11-13,20H,4-5,10,14H2,1-3H3/t20-/m1/s1. The lowest BCUT2D eigenvalue weighted by atomic mass is 10.0. The van der Waals surface area contributed by atoms with Crippen LogP contribution in [-0.4, -0.2) is 41.1 Å². The van der Waals surface area contributed by atoms with Crippen LogP contribution in [0.4, 0.5) is 0 Å². The summed E-state index contributed by atoms with van der Waals surface area (Å²) in [5, 5.41) is 0. The number of ether oxygens (including phenoxy) is 1. The Labute approximate surface area is 175 Å². The lowest BCUT2D eigenvalue weighted by molar-refractivity contribution is -0.147. The van der Waals surface area contributed by atoms with Gasteiger partial charge in [-0.25, -0.2) is 4.79 Å². The van der Waals surface area contributed by atoms with Gasteiger partial charge in [0.15, 0.2) is 12.4 Å². The number of amides is 2. The van der Waals surface area contributed by atoms with Crippen LogP contribution < -0.4 is 0 Å². The van der Waals surface area contributed by atoms with Crippen molar-refractivity contribution in [3.63, 3.8) is 0 Å². The summed E-state index contributed by atoms with van der Waals surface area (Å²) in [4.78, 5) is 51.8. The second kappa shape index (κ2) is 9.03. The molecule has 0 aliphatic carbocycles. The SMILES string of the molecule is CCCC[C@H](C(=O)OCC(=O)c1ccc(C)c(C)c1)N1C(=O)c2ccccc2C1=O. The van der Waals surface area contributed by atoms with Crippen molar-refractivity contribution in [2.24, 2.45) is 0 Å². The van der Waals surface area contributed by atoms with Gasteiger partial charge in [0.2, 0.25) is 0 Å². The fraction of sp³-hybridized carbons (Fsp3) is 0.333. The molecule has 1 heterocycles. The molecule has 0 saturated carbocycles. The van der Waals surface area contributed by atoms with Crippen molar-refractivity contribution in [2.45, 2.75) is 46.1 Å². The molecule has 3 rings (SSSR count). The second-order valence-corrected chi connectivity index (χ2v) is 7.51. The van der Waals surface area contributed by atoms with E-state index in [-0.39, 0.29) is 16.9 Å². The molecule has 1 atom stereocenters. The lowest BCUT2D eigenvalue weighted by Gasteiger charge is -2.24. The van der Waals surface area contributed by atoms with E-state index < -0.39 is 30.4 Å². The van der Waals surface area contributed by atoms with Gasteiger partial charge in [0, 0.05) is 5.56 Å². The maximum Gasteiger partial charge on any atom is 0.329 e. The Bertz CT molecular complexity index is 975. The number of carbonyl (C=O) groups excluding carboxylic acids is 4. The van der Waals surface area contributed by atoms with Crippen LogP contribution in [0.1, 0.15) is 68.4 Å². The Morgan fingerprint density at radius 2 is 1.60 bits per heavy atom. The first kappa shape index (κ1) is 21.4. The molecule has 2 aromatic carbocycles. The van der Waals surface area contributed by atoms with Crippen LogP contribution >= 0.6 is 0 Å². The van der Waals surface area contributed by atoms with E-state index in [4.69, 9.17) is 4.74 Å². The maximum atomic E-state index is 12.8. The van der Waals surface area contributed by atoms with Gasteiger partial charge in [-0.3, -0.25) is 19.3 Å². The van der Waals surface area contributed by atoms with Crippen LogP contribution in [0, 0.1) is 13.8 Å². The van der Waals surface area contributed by atoms with Gasteiger partial charge in [-0.05, 0) is 49.6 Å². The monoisotopic (exact) mass is 407 g/mol. The molecule has 156 valence electrons. The molecule has 0 aromatic heterocycles. The summed E-state index contributed by atoms with van der Waals surface area (Å²) >= 11 is 0. The first-order chi connectivity index (χ1) is 14.3. The van der Waals surface area contributed by atoms with E-state index in [9.17, 15) is 19.2 Å². The van der Waals surface area contributed by atoms with Crippen molar-refractivity contribution in [2.75, 3.05) is 6.61 Å². The summed E-state index contributed by atoms with van der Waals surface area (Å²) in [6.45, 7) is 5.37. The molecule has 0 N–H and O–H groups in total. The molecule has 2 aromatic rings. The Morgan fingerprint density at radius 3 is 2.17 bits per heavy atom. The predicted octanol–water partition coefficient (Wildman–Crippen LogP) is 3.88. The number of Topliss-reactive ketones (excluding diaryl/α,β-unsaturated/α-hetero) is 1. The minimum Gasteiger partial charge on any atom is -0.456 e. The quantitative estimate of drug-likeness (QED) is 0.377. The number of carbonyl (C=O) groups is 4. The predicted molar refractivity (Wildman–Crippen MR) is 111 cm³/mol. The number of aryl methyl sites for hydroxylation is 2. The number of unbranched alkanes of at least 4 members (excludes halogenated alkanes) is 1. The van der Waals surface area contributed by atoms with Crippen molar-refractivity contribution >= 4 is 23.6 Å². The topological polar surface area (TPSA) is 80.8 Å². The Hall–Kier alpha value is -3.28. The van der Waals surface area contributed by atoms with E-state index in [0.717, 1.165) is 22.4 Å². The number of esters is 1. The molecule has 1 aliphatic rings. The molecule has 0 unspecified atom stereocenters. The molecule has 0 saturated heterocycles. The highest BCUT2D eigenvalue weighted by atomic mass is 16.5. The van der Waals surface area contributed by atoms with Crippen LogP contribution in [0.2, 0.25) is 0 Å². The third-order valence-corrected chi connectivity index (χ3v) is 5.41. The second-order valence-electron chi connectivity index (χ2n) is 7.51. The number of rotatable bonds is 8. The minimum atomic E-state index is -1.05. The fourth-order valence-corrected chi connectivity index (χ4v) is 3.47. The van der Waals surface area contributed by atoms with Crippen molar-refractivity contribution < 1.29 is 23.9 Å². The Morgan fingerprint density at radius 1 is 0.967 bits per heavy atom. The summed E-state index contributed by atoms with van der Waals surface area (Å²) in [5.74, 6) is -2.08. The van der Waals surface area contributed by atoms with Crippen molar-refractivity contribution in [3.05, 3.63) is 70.3 Å². The number of ketones is 1. The smallest absolute Gasteiger partial charge is 0.329 e. The average Bonchev–Trinajstić information content (AvgIpc) is 2.99. The highest BCUT2D eigenvalue weighted by molar-refractivity contribution is 6.22. The van der Waals surface area contributed by atoms with Crippen LogP contribution in [-0.2, 0) is 9.53 Å². The highest BCUT2D eigenvalue weighted by Crippen LogP contribution is 2.27. The number of benzene rings is 2. The number of hydrogen-bond donors (Lipinski definition) is 0. The third kappa shape index (κ3) is 4.17. The number of fused-ring (bicyclic) bond motifs is 1. The van der Waals surface area contributed by atoms with Gasteiger partial charge >= 0.3 is 5.97 Å². The van der Waals surface area contributed by atoms with Crippen LogP contribution in [0.25, 0.3) is 0 Å². The van der Waals surface area contributed by atoms with Gasteiger partial charge < -0.3 is 4.74 Å². The summed E-state index contributed by atoms with van der Waals surface area (Å²) in [5.41, 5.74) is 3.05. The maximum absolute atomic E-state index is 12.8. The van der Waals surface area contributed by atoms with E-state index in [1.807, 2.05) is 26.8 Å². The van der Waals surface area contributed by atoms with Gasteiger partial charge in [0.05, 0.1) is 11.1 Å². The highest BCUT2D eigenvalue weighted by Gasteiger charge is 2.43. The largest absolute Gasteiger partial charge is 0.456 e. The van der Waals surface area contributed by atoms with Crippen LogP contribution in [0.3, 0.4) is 0 Å². The van der Waals surface area contributed by atoms with E-state index in [1.165, 1.54) is 0 Å². The number of imide groups is 1. The zero-order valence-electron chi connectivity index (χ0n) is 17.4. The van der Waals surface area contributed by atoms with Crippen LogP contribution in [0.15, 0.2) is 42.5 Å². The Kier molecular flexibility index (Phi) is 6.45. The molecule has 0 radical (unpaired) electrons. The van der Waals surface area contributed by atoms with Crippen molar-refractivity contribution in [1.82, 2.24) is 4.90 Å². The molecule has 2 amide bonds. The van der Waals surface area contributed by atoms with Crippen molar-refractivity contribution in [3.8, 4) is 0 Å². The summed E-state index contributed by atoms with van der Waals surface area (Å²) in [7, 11) is 0. The van der Waals surface area contributed by atoms with Crippen LogP contribution in [0.5, 0.6) is 0 Å². The molecular weight excluding hydrogens is 382 g/mol. The van der Waals surface area contributed by atoms with Gasteiger partial charge in [-0.1, -0.05) is 44.0 Å². The van der Waals surface area contributed by atoms with E-state index in [2.05, 4.69) is 0 Å². The van der Waals surface area contributed by atoms with E-state index >= 15 is 0 Å². The molecule has 1 aliphatic heterocycles. The lowest BCUT2D eigenvalue weighted by Crippen LogP contribution is -2.46. The summed E-state index contributed by atoms with van der Waals surface area (Å²) in [6.07, 6.45) is 1.71. The normalized spacial score (nSPS) is 13.9. The number of nitrogens with zero attached hydrogens (tertiary/aromatic N) is 1. The fourth-order valence-electron chi connectivity index (χ4n) is 3.47. The van der Waals surface area contributed by atoms with Crippen molar-refractivity contribution in [1.29, 1.82) is 0 Å². The molecule has 0 bridgehead atoms. The van der Waals surface area contributed by atoms with E-state index in [1.54, 1.807) is 36.4 Å². The molecule has 0 spiro atoms.